The van der Waals surface area contributed by atoms with Crippen LogP contribution in [-0.2, 0) is 0 Å². The molecule has 0 unspecified atom stereocenters. The minimum Gasteiger partial charge on any atom is -0.345 e. The average molecular weight is 425 g/mol. The number of hydrogen-bond acceptors (Lipinski definition) is 4. The molecular weight excluding hydrogens is 407 g/mol. The van der Waals surface area contributed by atoms with Gasteiger partial charge in [0.2, 0.25) is 5.43 Å². The highest BCUT2D eigenvalue weighted by atomic mass is 35.5. The Hall–Kier alpha value is -3.32. The summed E-state index contributed by atoms with van der Waals surface area (Å²) in [7, 11) is 0. The molecule has 0 bridgehead atoms. The molecule has 8 heteroatoms. The van der Waals surface area contributed by atoms with Crippen molar-refractivity contribution in [2.24, 2.45) is 0 Å². The van der Waals surface area contributed by atoms with Crippen LogP contribution in [0, 0.1) is 12.7 Å². The number of hydrogen-bond donors (Lipinski definition) is 1. The molecule has 0 aliphatic heterocycles. The molecule has 0 aliphatic rings. The number of aromatic amines is 1. The van der Waals surface area contributed by atoms with Crippen LogP contribution in [0.1, 0.15) is 25.5 Å². The van der Waals surface area contributed by atoms with Gasteiger partial charge in [0.25, 0.3) is 5.56 Å². The molecule has 0 radical (unpaired) electrons. The van der Waals surface area contributed by atoms with Crippen molar-refractivity contribution >= 4 is 22.8 Å². The van der Waals surface area contributed by atoms with Crippen molar-refractivity contribution in [2.45, 2.75) is 26.8 Å². The van der Waals surface area contributed by atoms with Gasteiger partial charge in [0.15, 0.2) is 11.2 Å². The maximum Gasteiger partial charge on any atom is 0.269 e. The third-order valence-corrected chi connectivity index (χ3v) is 5.13. The van der Waals surface area contributed by atoms with E-state index in [0.29, 0.717) is 33.7 Å². The first-order valence-electron chi connectivity index (χ1n) is 9.34. The molecule has 0 saturated carbocycles. The molecule has 0 aliphatic carbocycles. The highest BCUT2D eigenvalue weighted by Crippen LogP contribution is 2.33. The Morgan fingerprint density at radius 2 is 1.87 bits per heavy atom. The van der Waals surface area contributed by atoms with E-state index in [2.05, 4.69) is 15.0 Å². The molecule has 1 N–H and O–H groups in total. The average Bonchev–Trinajstić information content (AvgIpc) is 2.69. The number of nitrogens with zero attached hydrogens (tertiary/aromatic N) is 3. The van der Waals surface area contributed by atoms with E-state index < -0.39 is 0 Å². The van der Waals surface area contributed by atoms with Gasteiger partial charge in [-0.25, -0.2) is 14.4 Å². The first kappa shape index (κ1) is 20.0. The lowest BCUT2D eigenvalue weighted by molar-refractivity contribution is 0.579. The van der Waals surface area contributed by atoms with E-state index in [9.17, 15) is 14.0 Å². The van der Waals surface area contributed by atoms with Crippen molar-refractivity contribution in [1.29, 1.82) is 0 Å². The summed E-state index contributed by atoms with van der Waals surface area (Å²) in [6.07, 6.45) is 3.14. The molecule has 3 aromatic heterocycles. The lowest BCUT2D eigenvalue weighted by Gasteiger charge is -2.15. The number of rotatable bonds is 3. The Morgan fingerprint density at radius 3 is 2.57 bits per heavy atom. The summed E-state index contributed by atoms with van der Waals surface area (Å²) in [6.45, 7) is 5.50. The summed E-state index contributed by atoms with van der Waals surface area (Å²) < 4.78 is 15.2. The van der Waals surface area contributed by atoms with Crippen LogP contribution < -0.4 is 11.0 Å². The Morgan fingerprint density at radius 1 is 1.10 bits per heavy atom. The van der Waals surface area contributed by atoms with Crippen molar-refractivity contribution in [2.75, 3.05) is 0 Å². The van der Waals surface area contributed by atoms with Gasteiger partial charge in [-0.2, -0.15) is 0 Å². The minimum atomic E-state index is -0.364. The van der Waals surface area contributed by atoms with Gasteiger partial charge in [0, 0.05) is 35.6 Å². The lowest BCUT2D eigenvalue weighted by Crippen LogP contribution is -2.22. The number of aryl methyl sites for hydroxylation is 1. The van der Waals surface area contributed by atoms with E-state index in [1.165, 1.54) is 35.0 Å². The summed E-state index contributed by atoms with van der Waals surface area (Å²) in [6, 6.07) is 7.10. The topological polar surface area (TPSA) is 80.6 Å². The van der Waals surface area contributed by atoms with Gasteiger partial charge in [-0.15, -0.1) is 0 Å². The Bertz CT molecular complexity index is 1410. The second kappa shape index (κ2) is 7.50. The van der Waals surface area contributed by atoms with Crippen LogP contribution in [0.15, 0.2) is 52.3 Å². The van der Waals surface area contributed by atoms with Crippen molar-refractivity contribution in [1.82, 2.24) is 19.5 Å². The zero-order chi connectivity index (χ0) is 21.6. The normalized spacial score (nSPS) is 11.4. The minimum absolute atomic E-state index is 0.0341. The molecule has 0 spiro atoms. The monoisotopic (exact) mass is 424 g/mol. The maximum atomic E-state index is 13.7. The summed E-state index contributed by atoms with van der Waals surface area (Å²) in [5.74, 6) is -0.364. The maximum absolute atomic E-state index is 13.7. The highest BCUT2D eigenvalue weighted by molar-refractivity contribution is 6.30. The van der Waals surface area contributed by atoms with Crippen LogP contribution >= 0.6 is 11.6 Å². The summed E-state index contributed by atoms with van der Waals surface area (Å²) in [5, 5.41) is 0.0341. The van der Waals surface area contributed by atoms with Crippen molar-refractivity contribution in [3.63, 3.8) is 0 Å². The molecule has 4 aromatic rings. The molecule has 4 rings (SSSR count). The molecule has 6 nitrogen and oxygen atoms in total. The molecule has 152 valence electrons. The van der Waals surface area contributed by atoms with Gasteiger partial charge in [0.05, 0.1) is 11.4 Å². The van der Waals surface area contributed by atoms with Gasteiger partial charge in [0.1, 0.15) is 10.8 Å². The predicted molar refractivity (Wildman–Crippen MR) is 115 cm³/mol. The molecule has 30 heavy (non-hydrogen) atoms. The van der Waals surface area contributed by atoms with E-state index in [-0.39, 0.29) is 33.4 Å². The SMILES string of the molecule is Cc1cc(F)ccc1-c1nc2[nH]ccc(=O)c2nc1-c1cc(Cl)c(=O)n(C(C)C)c1. The third kappa shape index (κ3) is 3.41. The fourth-order valence-electron chi connectivity index (χ4n) is 3.35. The second-order valence-corrected chi connectivity index (χ2v) is 7.71. The molecule has 3 heterocycles. The number of nitrogens with one attached hydrogen (secondary N) is 1. The smallest absolute Gasteiger partial charge is 0.269 e. The summed E-state index contributed by atoms with van der Waals surface area (Å²) in [5.41, 5.74) is 2.55. The molecular formula is C22H18ClFN4O2. The van der Waals surface area contributed by atoms with Gasteiger partial charge < -0.3 is 9.55 Å². The molecule has 1 aromatic carbocycles. The first-order chi connectivity index (χ1) is 14.3. The predicted octanol–water partition coefficient (Wildman–Crippen LogP) is 4.50. The van der Waals surface area contributed by atoms with Crippen LogP contribution in [0.4, 0.5) is 4.39 Å². The number of fused-ring (bicyclic) bond motifs is 1. The van der Waals surface area contributed by atoms with Crippen LogP contribution in [0.3, 0.4) is 0 Å². The Kier molecular flexibility index (Phi) is 4.99. The van der Waals surface area contributed by atoms with Gasteiger partial charge in [-0.05, 0) is 50.6 Å². The number of aromatic nitrogens is 4. The van der Waals surface area contributed by atoms with E-state index >= 15 is 0 Å². The zero-order valence-corrected chi connectivity index (χ0v) is 17.3. The van der Waals surface area contributed by atoms with Crippen LogP contribution in [-0.4, -0.2) is 19.5 Å². The van der Waals surface area contributed by atoms with Crippen molar-refractivity contribution in [3.05, 3.63) is 79.7 Å². The van der Waals surface area contributed by atoms with Crippen molar-refractivity contribution < 1.29 is 4.39 Å². The highest BCUT2D eigenvalue weighted by Gasteiger charge is 2.19. The van der Waals surface area contributed by atoms with Crippen molar-refractivity contribution in [3.8, 4) is 22.5 Å². The quantitative estimate of drug-likeness (QED) is 0.525. The molecule has 0 saturated heterocycles. The molecule has 0 amide bonds. The number of halogens is 2. The Balaban J connectivity index is 2.12. The number of pyridine rings is 2. The molecule has 0 atom stereocenters. The van der Waals surface area contributed by atoms with Gasteiger partial charge >= 0.3 is 0 Å². The van der Waals surface area contributed by atoms with E-state index in [0.717, 1.165) is 0 Å². The summed E-state index contributed by atoms with van der Waals surface area (Å²) >= 11 is 6.21. The fraction of sp³-hybridized carbons (Fsp3) is 0.182. The first-order valence-corrected chi connectivity index (χ1v) is 9.72. The summed E-state index contributed by atoms with van der Waals surface area (Å²) in [4.78, 5) is 36.9. The fourth-order valence-corrected chi connectivity index (χ4v) is 3.56. The standard InChI is InChI=1S/C22H18ClFN4O2/c1-11(2)28-10-13(9-16(23)22(28)30)18-19(15-5-4-14(24)8-12(15)3)27-21-20(26-18)17(29)6-7-25-21/h4-11H,1-3H3,(H,25,27,29). The lowest BCUT2D eigenvalue weighted by atomic mass is 10.0. The van der Waals surface area contributed by atoms with Gasteiger partial charge in [-0.3, -0.25) is 9.59 Å². The largest absolute Gasteiger partial charge is 0.345 e. The van der Waals surface area contributed by atoms with E-state index in [1.807, 2.05) is 13.8 Å². The van der Waals surface area contributed by atoms with E-state index in [4.69, 9.17) is 11.6 Å². The van der Waals surface area contributed by atoms with Crippen LogP contribution in [0.25, 0.3) is 33.7 Å². The van der Waals surface area contributed by atoms with Crippen LogP contribution in [0.2, 0.25) is 5.02 Å². The Labute approximate surface area is 176 Å². The number of H-pyrrole nitrogens is 1. The second-order valence-electron chi connectivity index (χ2n) is 7.30. The van der Waals surface area contributed by atoms with Gasteiger partial charge in [-0.1, -0.05) is 11.6 Å². The van der Waals surface area contributed by atoms with Crippen LogP contribution in [0.5, 0.6) is 0 Å². The third-order valence-electron chi connectivity index (χ3n) is 4.86. The zero-order valence-electron chi connectivity index (χ0n) is 16.5. The molecule has 0 fully saturated rings. The van der Waals surface area contributed by atoms with E-state index in [1.54, 1.807) is 19.2 Å². The number of benzene rings is 1.